The molecule has 1 saturated heterocycles. The van der Waals surface area contributed by atoms with Crippen molar-refractivity contribution in [2.24, 2.45) is 0 Å². The van der Waals surface area contributed by atoms with Crippen molar-refractivity contribution in [2.45, 2.75) is 36.8 Å². The Morgan fingerprint density at radius 2 is 2.19 bits per heavy atom. The summed E-state index contributed by atoms with van der Waals surface area (Å²) in [5.74, 6) is -1.18. The predicted octanol–water partition coefficient (Wildman–Crippen LogP) is 1.58. The Morgan fingerprint density at radius 1 is 1.48 bits per heavy atom. The van der Waals surface area contributed by atoms with Gasteiger partial charge in [0.2, 0.25) is 15.8 Å². The third-order valence-electron chi connectivity index (χ3n) is 3.23. The second kappa shape index (κ2) is 6.04. The summed E-state index contributed by atoms with van der Waals surface area (Å²) in [4.78, 5) is 9.20. The van der Waals surface area contributed by atoms with Crippen molar-refractivity contribution in [1.29, 1.82) is 0 Å². The summed E-state index contributed by atoms with van der Waals surface area (Å²) in [6, 6.07) is 2.62. The molecule has 0 saturated carbocycles. The van der Waals surface area contributed by atoms with Gasteiger partial charge in [0, 0.05) is 12.6 Å². The summed E-state index contributed by atoms with van der Waals surface area (Å²) in [6.07, 6.45) is 0.823. The highest BCUT2D eigenvalue weighted by atomic mass is 32.2. The third kappa shape index (κ3) is 3.55. The van der Waals surface area contributed by atoms with E-state index in [2.05, 4.69) is 4.72 Å². The molecule has 1 fully saturated rings. The molecule has 1 aromatic rings. The molecule has 1 aliphatic heterocycles. The number of sulfonamides is 1. The lowest BCUT2D eigenvalue weighted by molar-refractivity contribution is -0.390. The number of nitro groups is 1. The minimum absolute atomic E-state index is 0.103. The maximum Gasteiger partial charge on any atom is 0.324 e. The number of para-hydroxylation sites is 1. The van der Waals surface area contributed by atoms with Gasteiger partial charge in [-0.05, 0) is 31.9 Å². The van der Waals surface area contributed by atoms with Crippen LogP contribution in [0.5, 0.6) is 0 Å². The van der Waals surface area contributed by atoms with Gasteiger partial charge >= 0.3 is 5.69 Å². The Morgan fingerprint density at radius 3 is 2.81 bits per heavy atom. The van der Waals surface area contributed by atoms with Crippen molar-refractivity contribution in [3.63, 3.8) is 0 Å². The molecule has 0 bridgehead atoms. The maximum atomic E-state index is 13.5. The van der Waals surface area contributed by atoms with E-state index in [9.17, 15) is 22.9 Å². The van der Waals surface area contributed by atoms with Crippen molar-refractivity contribution in [3.8, 4) is 0 Å². The fourth-order valence-corrected chi connectivity index (χ4v) is 3.74. The molecular formula is C12H15FN2O5S. The second-order valence-electron chi connectivity index (χ2n) is 4.87. The normalized spacial score (nSPS) is 23.0. The highest BCUT2D eigenvalue weighted by Crippen LogP contribution is 2.27. The Balaban J connectivity index is 2.32. The summed E-state index contributed by atoms with van der Waals surface area (Å²) >= 11 is 0. The van der Waals surface area contributed by atoms with Crippen molar-refractivity contribution < 1.29 is 22.5 Å². The number of rotatable bonds is 4. The first-order chi connectivity index (χ1) is 9.81. The zero-order chi connectivity index (χ0) is 15.6. The fourth-order valence-electron chi connectivity index (χ4n) is 2.28. The Bertz CT molecular complexity index is 649. The van der Waals surface area contributed by atoms with Crippen molar-refractivity contribution in [1.82, 2.24) is 4.72 Å². The van der Waals surface area contributed by atoms with Crippen LogP contribution in [0.4, 0.5) is 10.1 Å². The van der Waals surface area contributed by atoms with Gasteiger partial charge in [-0.15, -0.1) is 0 Å². The highest BCUT2D eigenvalue weighted by Gasteiger charge is 2.32. The van der Waals surface area contributed by atoms with Gasteiger partial charge < -0.3 is 4.74 Å². The van der Waals surface area contributed by atoms with Gasteiger partial charge in [0.05, 0.1) is 11.0 Å². The first-order valence-electron chi connectivity index (χ1n) is 6.38. The molecule has 7 nitrogen and oxygen atoms in total. The molecule has 0 amide bonds. The van der Waals surface area contributed by atoms with Gasteiger partial charge in [-0.1, -0.05) is 6.07 Å². The van der Waals surface area contributed by atoms with Crippen molar-refractivity contribution in [3.05, 3.63) is 34.1 Å². The van der Waals surface area contributed by atoms with Gasteiger partial charge in [0.25, 0.3) is 0 Å². The molecular weight excluding hydrogens is 303 g/mol. The van der Waals surface area contributed by atoms with E-state index >= 15 is 0 Å². The van der Waals surface area contributed by atoms with E-state index in [1.54, 1.807) is 0 Å². The van der Waals surface area contributed by atoms with Crippen LogP contribution in [0.3, 0.4) is 0 Å². The molecule has 1 aliphatic rings. The zero-order valence-corrected chi connectivity index (χ0v) is 12.1. The SMILES string of the molecule is CC1CC(NS(=O)(=O)c2cccc(F)c2[N+](=O)[O-])CCO1. The van der Waals surface area contributed by atoms with Crippen LogP contribution in [0.25, 0.3) is 0 Å². The number of benzene rings is 1. The lowest BCUT2D eigenvalue weighted by atomic mass is 10.1. The van der Waals surface area contributed by atoms with Gasteiger partial charge in [-0.25, -0.2) is 13.1 Å². The van der Waals surface area contributed by atoms with E-state index in [0.29, 0.717) is 19.4 Å². The molecule has 2 atom stereocenters. The van der Waals surface area contributed by atoms with E-state index in [1.165, 1.54) is 0 Å². The molecule has 0 aromatic heterocycles. The summed E-state index contributed by atoms with van der Waals surface area (Å²) in [7, 11) is -4.17. The van der Waals surface area contributed by atoms with Crippen LogP contribution in [-0.4, -0.2) is 32.1 Å². The summed E-state index contributed by atoms with van der Waals surface area (Å²) in [6.45, 7) is 2.21. The largest absolute Gasteiger partial charge is 0.378 e. The van der Waals surface area contributed by atoms with E-state index in [4.69, 9.17) is 4.74 Å². The zero-order valence-electron chi connectivity index (χ0n) is 11.3. The quantitative estimate of drug-likeness (QED) is 0.671. The second-order valence-corrected chi connectivity index (χ2v) is 6.55. The number of nitrogens with zero attached hydrogens (tertiary/aromatic N) is 1. The molecule has 2 rings (SSSR count). The standard InChI is InChI=1S/C12H15FN2O5S/c1-8-7-9(5-6-20-8)14-21(18,19)11-4-2-3-10(13)12(11)15(16)17/h2-4,8-9,14H,5-7H2,1H3. The first kappa shape index (κ1) is 15.8. The molecule has 0 radical (unpaired) electrons. The highest BCUT2D eigenvalue weighted by molar-refractivity contribution is 7.89. The van der Waals surface area contributed by atoms with Gasteiger partial charge in [-0.3, -0.25) is 10.1 Å². The topological polar surface area (TPSA) is 98.5 Å². The lowest BCUT2D eigenvalue weighted by Crippen LogP contribution is -2.41. The molecule has 1 N–H and O–H groups in total. The van der Waals surface area contributed by atoms with Crippen LogP contribution >= 0.6 is 0 Å². The Kier molecular flexibility index (Phi) is 4.55. The molecule has 21 heavy (non-hydrogen) atoms. The van der Waals surface area contributed by atoms with Crippen LogP contribution < -0.4 is 4.72 Å². The van der Waals surface area contributed by atoms with E-state index in [1.807, 2.05) is 6.92 Å². The summed E-state index contributed by atoms with van der Waals surface area (Å²) < 4.78 is 45.7. The van der Waals surface area contributed by atoms with Crippen LogP contribution in [0.2, 0.25) is 0 Å². The van der Waals surface area contributed by atoms with Crippen LogP contribution in [0.1, 0.15) is 19.8 Å². The minimum Gasteiger partial charge on any atom is -0.378 e. The number of halogens is 1. The van der Waals surface area contributed by atoms with E-state index in [0.717, 1.165) is 18.2 Å². The van der Waals surface area contributed by atoms with Gasteiger partial charge in [0.1, 0.15) is 0 Å². The molecule has 1 heterocycles. The van der Waals surface area contributed by atoms with Crippen molar-refractivity contribution in [2.75, 3.05) is 6.61 Å². The lowest BCUT2D eigenvalue weighted by Gasteiger charge is -2.27. The monoisotopic (exact) mass is 318 g/mol. The van der Waals surface area contributed by atoms with Crippen LogP contribution in [0, 0.1) is 15.9 Å². The van der Waals surface area contributed by atoms with Gasteiger partial charge in [-0.2, -0.15) is 4.39 Å². The molecule has 0 spiro atoms. The van der Waals surface area contributed by atoms with E-state index < -0.39 is 31.3 Å². The van der Waals surface area contributed by atoms with Crippen molar-refractivity contribution >= 4 is 15.7 Å². The Hall–Kier alpha value is -1.58. The minimum atomic E-state index is -4.17. The number of hydrogen-bond donors (Lipinski definition) is 1. The molecule has 1 aromatic carbocycles. The Labute approximate surface area is 121 Å². The fraction of sp³-hybridized carbons (Fsp3) is 0.500. The number of ether oxygens (including phenoxy) is 1. The predicted molar refractivity (Wildman–Crippen MR) is 71.8 cm³/mol. The summed E-state index contributed by atoms with van der Waals surface area (Å²) in [5.41, 5.74) is -1.04. The van der Waals surface area contributed by atoms with Crippen LogP contribution in [-0.2, 0) is 14.8 Å². The van der Waals surface area contributed by atoms with E-state index in [-0.39, 0.29) is 12.1 Å². The molecule has 116 valence electrons. The average molecular weight is 318 g/mol. The average Bonchev–Trinajstić information content (AvgIpc) is 2.37. The molecule has 9 heteroatoms. The third-order valence-corrected chi connectivity index (χ3v) is 4.78. The molecule has 0 aliphatic carbocycles. The molecule has 2 unspecified atom stereocenters. The maximum absolute atomic E-state index is 13.5. The van der Waals surface area contributed by atoms with Crippen LogP contribution in [0.15, 0.2) is 23.1 Å². The first-order valence-corrected chi connectivity index (χ1v) is 7.86. The van der Waals surface area contributed by atoms with Gasteiger partial charge in [0.15, 0.2) is 4.90 Å². The summed E-state index contributed by atoms with van der Waals surface area (Å²) in [5, 5.41) is 10.9. The number of hydrogen-bond acceptors (Lipinski definition) is 5. The number of nitro benzene ring substituents is 1. The smallest absolute Gasteiger partial charge is 0.324 e. The number of nitrogens with one attached hydrogen (secondary N) is 1.